The minimum atomic E-state index is -3.86. The van der Waals surface area contributed by atoms with Crippen LogP contribution in [0, 0.1) is 0 Å². The third kappa shape index (κ3) is 5.67. The second-order valence-corrected chi connectivity index (χ2v) is 4.71. The molecule has 0 unspecified atom stereocenters. The van der Waals surface area contributed by atoms with E-state index in [1.807, 2.05) is 0 Å². The molecule has 0 aromatic rings. The van der Waals surface area contributed by atoms with Gasteiger partial charge in [-0.3, -0.25) is 4.79 Å². The van der Waals surface area contributed by atoms with E-state index < -0.39 is 10.2 Å². The summed E-state index contributed by atoms with van der Waals surface area (Å²) in [5.41, 5.74) is 0. The summed E-state index contributed by atoms with van der Waals surface area (Å²) in [6.07, 6.45) is 0. The van der Waals surface area contributed by atoms with Crippen molar-refractivity contribution in [3.05, 3.63) is 0 Å². The van der Waals surface area contributed by atoms with Crippen LogP contribution in [-0.4, -0.2) is 64.4 Å². The molecule has 0 spiro atoms. The molecule has 0 radical (unpaired) electrons. The van der Waals surface area contributed by atoms with Crippen LogP contribution in [0.25, 0.3) is 0 Å². The molecular weight excluding hydrogens is 222 g/mol. The lowest BCUT2D eigenvalue weighted by Gasteiger charge is -2.20. The zero-order chi connectivity index (χ0) is 12.1. The molecule has 0 atom stereocenters. The van der Waals surface area contributed by atoms with Crippen molar-refractivity contribution >= 4 is 16.1 Å². The highest BCUT2D eigenvalue weighted by atomic mass is 32.2. The van der Waals surface area contributed by atoms with Crippen LogP contribution < -0.4 is 5.14 Å². The number of hydrogen-bond donors (Lipinski definition) is 1. The number of ether oxygens (including phenoxy) is 1. The molecule has 90 valence electrons. The Labute approximate surface area is 90.0 Å². The van der Waals surface area contributed by atoms with Crippen molar-refractivity contribution in [3.63, 3.8) is 0 Å². The zero-order valence-corrected chi connectivity index (χ0v) is 9.95. The molecule has 8 heteroatoms. The molecule has 0 saturated heterocycles. The topological polar surface area (TPSA) is 92.9 Å². The first kappa shape index (κ1) is 14.3. The first-order chi connectivity index (χ1) is 6.79. The van der Waals surface area contributed by atoms with Crippen LogP contribution in [0.3, 0.4) is 0 Å². The van der Waals surface area contributed by atoms with Crippen LogP contribution >= 0.6 is 0 Å². The van der Waals surface area contributed by atoms with E-state index in [1.54, 1.807) is 14.1 Å². The van der Waals surface area contributed by atoms with E-state index >= 15 is 0 Å². The van der Waals surface area contributed by atoms with Crippen molar-refractivity contribution in [2.24, 2.45) is 5.14 Å². The summed E-state index contributed by atoms with van der Waals surface area (Å²) >= 11 is 0. The van der Waals surface area contributed by atoms with Gasteiger partial charge >= 0.3 is 0 Å². The average molecular weight is 239 g/mol. The lowest BCUT2D eigenvalue weighted by Crippen LogP contribution is -2.44. The molecule has 0 aliphatic heterocycles. The fraction of sp³-hybridized carbons (Fsp3) is 0.857. The van der Waals surface area contributed by atoms with Gasteiger partial charge in [0.25, 0.3) is 10.2 Å². The minimum Gasteiger partial charge on any atom is -0.383 e. The normalized spacial score (nSPS) is 11.8. The van der Waals surface area contributed by atoms with Crippen molar-refractivity contribution in [1.82, 2.24) is 9.21 Å². The van der Waals surface area contributed by atoms with E-state index in [0.29, 0.717) is 0 Å². The fourth-order valence-corrected chi connectivity index (χ4v) is 1.40. The minimum absolute atomic E-state index is 0.0644. The van der Waals surface area contributed by atoms with Crippen LogP contribution in [0.5, 0.6) is 0 Å². The maximum atomic E-state index is 11.3. The predicted octanol–water partition coefficient (Wildman–Crippen LogP) is -1.77. The van der Waals surface area contributed by atoms with Crippen molar-refractivity contribution in [2.45, 2.75) is 0 Å². The first-order valence-corrected chi connectivity index (χ1v) is 5.76. The monoisotopic (exact) mass is 239 g/mol. The van der Waals surface area contributed by atoms with E-state index in [4.69, 9.17) is 9.88 Å². The molecule has 0 saturated carbocycles. The molecule has 15 heavy (non-hydrogen) atoms. The van der Waals surface area contributed by atoms with Crippen molar-refractivity contribution in [1.29, 1.82) is 0 Å². The average Bonchev–Trinajstić information content (AvgIpc) is 2.09. The molecule has 0 aromatic heterocycles. The van der Waals surface area contributed by atoms with Crippen molar-refractivity contribution in [3.8, 4) is 0 Å². The van der Waals surface area contributed by atoms with E-state index in [2.05, 4.69) is 0 Å². The van der Waals surface area contributed by atoms with Gasteiger partial charge in [-0.25, -0.2) is 5.14 Å². The van der Waals surface area contributed by atoms with Crippen LogP contribution in [0.2, 0.25) is 0 Å². The molecule has 7 nitrogen and oxygen atoms in total. The number of carbonyl (C=O) groups is 1. The number of hydrogen-bond acceptors (Lipinski definition) is 4. The third-order valence-electron chi connectivity index (χ3n) is 1.72. The molecule has 2 N–H and O–H groups in total. The Hall–Kier alpha value is -0.700. The quantitative estimate of drug-likeness (QED) is 0.593. The number of nitrogens with zero attached hydrogens (tertiary/aromatic N) is 2. The van der Waals surface area contributed by atoms with E-state index in [0.717, 1.165) is 4.31 Å². The number of nitrogens with two attached hydrogens (primary N) is 1. The van der Waals surface area contributed by atoms with Gasteiger partial charge in [-0.2, -0.15) is 12.7 Å². The van der Waals surface area contributed by atoms with E-state index in [-0.39, 0.29) is 25.6 Å². The summed E-state index contributed by atoms with van der Waals surface area (Å²) in [6.45, 7) is -0.0127. The molecular formula is C7H17N3O4S. The molecule has 1 amide bonds. The number of likely N-dealkylation sites (N-methyl/N-ethyl adjacent to an activating group) is 1. The van der Waals surface area contributed by atoms with Crippen molar-refractivity contribution in [2.75, 3.05) is 40.9 Å². The summed E-state index contributed by atoms with van der Waals surface area (Å²) < 4.78 is 27.7. The highest BCUT2D eigenvalue weighted by Gasteiger charge is 2.20. The maximum Gasteiger partial charge on any atom is 0.277 e. The van der Waals surface area contributed by atoms with Gasteiger partial charge in [-0.05, 0) is 0 Å². The van der Waals surface area contributed by atoms with Gasteiger partial charge in [-0.15, -0.1) is 0 Å². The Balaban J connectivity index is 4.46. The van der Waals surface area contributed by atoms with E-state index in [9.17, 15) is 13.2 Å². The standard InChI is InChI=1S/C7H17N3O4S/c1-9(2)7(11)6-10(4-5-14-3)15(8,12)13/h4-6H2,1-3H3,(H2,8,12,13). The number of methoxy groups -OCH3 is 1. The number of rotatable bonds is 6. The van der Waals surface area contributed by atoms with Gasteiger partial charge < -0.3 is 9.64 Å². The summed E-state index contributed by atoms with van der Waals surface area (Å²) in [5.74, 6) is -0.333. The Kier molecular flexibility index (Phi) is 5.73. The lowest BCUT2D eigenvalue weighted by molar-refractivity contribution is -0.128. The first-order valence-electron chi connectivity index (χ1n) is 4.26. The molecule has 0 aliphatic carbocycles. The van der Waals surface area contributed by atoms with Gasteiger partial charge in [0, 0.05) is 27.7 Å². The summed E-state index contributed by atoms with van der Waals surface area (Å²) in [7, 11) is 0.663. The van der Waals surface area contributed by atoms with Gasteiger partial charge in [0.2, 0.25) is 5.91 Å². The number of amides is 1. The maximum absolute atomic E-state index is 11.3. The van der Waals surface area contributed by atoms with Gasteiger partial charge in [-0.1, -0.05) is 0 Å². The number of carbonyl (C=O) groups excluding carboxylic acids is 1. The molecule has 0 bridgehead atoms. The SMILES string of the molecule is COCCN(CC(=O)N(C)C)S(N)(=O)=O. The zero-order valence-electron chi connectivity index (χ0n) is 9.13. The molecule has 0 heterocycles. The largest absolute Gasteiger partial charge is 0.383 e. The second kappa shape index (κ2) is 6.01. The molecule has 0 fully saturated rings. The molecule has 0 aromatic carbocycles. The Bertz CT molecular complexity index is 301. The summed E-state index contributed by atoms with van der Waals surface area (Å²) in [6, 6.07) is 0. The van der Waals surface area contributed by atoms with Crippen molar-refractivity contribution < 1.29 is 17.9 Å². The van der Waals surface area contributed by atoms with Crippen LogP contribution in [-0.2, 0) is 19.7 Å². The van der Waals surface area contributed by atoms with Gasteiger partial charge in [0.1, 0.15) is 0 Å². The summed E-state index contributed by atoms with van der Waals surface area (Å²) in [4.78, 5) is 12.6. The second-order valence-electron chi connectivity index (χ2n) is 3.16. The van der Waals surface area contributed by atoms with Crippen LogP contribution in [0.15, 0.2) is 0 Å². The Morgan fingerprint density at radius 2 is 1.93 bits per heavy atom. The lowest BCUT2D eigenvalue weighted by atomic mass is 10.5. The fourth-order valence-electron chi connectivity index (χ4n) is 0.782. The van der Waals surface area contributed by atoms with E-state index in [1.165, 1.54) is 12.0 Å². The molecule has 0 rings (SSSR count). The Morgan fingerprint density at radius 3 is 2.27 bits per heavy atom. The van der Waals surface area contributed by atoms with Gasteiger partial charge in [0.05, 0.1) is 13.2 Å². The Morgan fingerprint density at radius 1 is 1.40 bits per heavy atom. The van der Waals surface area contributed by atoms with Gasteiger partial charge in [0.15, 0.2) is 0 Å². The third-order valence-corrected chi connectivity index (χ3v) is 2.75. The highest BCUT2D eigenvalue weighted by Crippen LogP contribution is 1.96. The molecule has 0 aliphatic rings. The predicted molar refractivity (Wildman–Crippen MR) is 55.3 cm³/mol. The highest BCUT2D eigenvalue weighted by molar-refractivity contribution is 7.86. The van der Waals surface area contributed by atoms with Crippen LogP contribution in [0.1, 0.15) is 0 Å². The summed E-state index contributed by atoms with van der Waals surface area (Å²) in [5, 5.41) is 4.94. The van der Waals surface area contributed by atoms with Crippen LogP contribution in [0.4, 0.5) is 0 Å². The smallest absolute Gasteiger partial charge is 0.277 e.